The van der Waals surface area contributed by atoms with E-state index < -0.39 is 20.0 Å². The first kappa shape index (κ1) is 28.2. The van der Waals surface area contributed by atoms with Gasteiger partial charge in [-0.1, -0.05) is 41.5 Å². The highest BCUT2D eigenvalue weighted by Gasteiger charge is 2.49. The highest BCUT2D eigenvalue weighted by Crippen LogP contribution is 2.45. The fourth-order valence-corrected chi connectivity index (χ4v) is 13.5. The quantitative estimate of drug-likeness (QED) is 0.269. The summed E-state index contributed by atoms with van der Waals surface area (Å²) in [5, 5.41) is 18.9. The van der Waals surface area contributed by atoms with Gasteiger partial charge in [0, 0.05) is 11.1 Å². The van der Waals surface area contributed by atoms with Gasteiger partial charge in [0.25, 0.3) is 0 Å². The molecule has 6 rings (SSSR count). The van der Waals surface area contributed by atoms with E-state index >= 15 is 4.39 Å². The number of pyridine rings is 1. The molecule has 1 aromatic carbocycles. The number of oxazole rings is 1. The number of benzene rings is 1. The van der Waals surface area contributed by atoms with Gasteiger partial charge in [0.1, 0.15) is 17.9 Å². The number of anilines is 1. The fourth-order valence-electron chi connectivity index (χ4n) is 7.40. The molecule has 222 valence electrons. The van der Waals surface area contributed by atoms with Gasteiger partial charge in [-0.05, 0) is 41.7 Å². The minimum atomic E-state index is -2.21. The topological polar surface area (TPSA) is 115 Å². The number of amides is 1. The molecule has 0 bridgehead atoms. The lowest BCUT2D eigenvalue weighted by Crippen LogP contribution is -2.56. The van der Waals surface area contributed by atoms with Gasteiger partial charge < -0.3 is 19.0 Å². The molecule has 3 aromatic heterocycles. The van der Waals surface area contributed by atoms with Crippen molar-refractivity contribution in [3.63, 3.8) is 0 Å². The SMILES string of the molecule is Cc1nc([Si](C(C)C)(C(C)C)C(C)C)oc1-c1cc2c(n3cnnc13)N(C(=O)O)Cc1c(F)ccc3c1[C@@H](CO3)CO2. The molecule has 0 fully saturated rings. The maximum atomic E-state index is 15.2. The van der Waals surface area contributed by atoms with Crippen molar-refractivity contribution in [2.45, 2.75) is 77.6 Å². The van der Waals surface area contributed by atoms with Gasteiger partial charge in [-0.15, -0.1) is 10.2 Å². The van der Waals surface area contributed by atoms with E-state index in [2.05, 4.69) is 51.7 Å². The Bertz CT molecular complexity index is 1680. The fraction of sp³-hybridized carbons (Fsp3) is 0.467. The smallest absolute Gasteiger partial charge is 0.413 e. The van der Waals surface area contributed by atoms with Crippen LogP contribution in [0.15, 0.2) is 28.9 Å². The Morgan fingerprint density at radius 3 is 2.38 bits per heavy atom. The third kappa shape index (κ3) is 4.02. The Morgan fingerprint density at radius 2 is 1.74 bits per heavy atom. The van der Waals surface area contributed by atoms with Crippen LogP contribution >= 0.6 is 0 Å². The Labute approximate surface area is 244 Å². The Balaban J connectivity index is 1.56. The van der Waals surface area contributed by atoms with Gasteiger partial charge in [-0.2, -0.15) is 0 Å². The second kappa shape index (κ2) is 10.1. The molecule has 10 nitrogen and oxygen atoms in total. The summed E-state index contributed by atoms with van der Waals surface area (Å²) in [5.74, 6) is 0.824. The summed E-state index contributed by atoms with van der Waals surface area (Å²) in [6.45, 7) is 15.7. The van der Waals surface area contributed by atoms with Crippen molar-refractivity contribution < 1.29 is 28.2 Å². The van der Waals surface area contributed by atoms with Crippen LogP contribution in [0.2, 0.25) is 16.6 Å². The van der Waals surface area contributed by atoms with Crippen LogP contribution in [-0.4, -0.2) is 52.1 Å². The zero-order valence-electron chi connectivity index (χ0n) is 24.9. The van der Waals surface area contributed by atoms with E-state index in [9.17, 15) is 9.90 Å². The lowest BCUT2D eigenvalue weighted by atomic mass is 9.95. The molecule has 2 aliphatic rings. The van der Waals surface area contributed by atoms with Gasteiger partial charge in [0.05, 0.1) is 36.9 Å². The van der Waals surface area contributed by atoms with Gasteiger partial charge in [-0.3, -0.25) is 9.30 Å². The molecule has 0 saturated heterocycles. The number of halogens is 1. The van der Waals surface area contributed by atoms with Crippen molar-refractivity contribution in [3.8, 4) is 22.8 Å². The van der Waals surface area contributed by atoms with E-state index in [0.29, 0.717) is 57.3 Å². The average Bonchev–Trinajstić information content (AvgIpc) is 3.65. The Hall–Kier alpha value is -3.93. The molecule has 1 atom stereocenters. The molecule has 1 amide bonds. The first-order valence-corrected chi connectivity index (χ1v) is 16.6. The standard InChI is InChI=1S/C30H36FN5O5Si/c1-15(2)42(16(3)4,17(5)6)29-33-18(7)26(41-29)20-10-24-28(36-14-32-34-27(20)36)35(30(37)38)11-21-22(31)8-9-23-25(21)19(12-39-23)13-40-24/h8-10,14-17,19H,11-13H2,1-7H3,(H,37,38)/t19-/m0/s1. The van der Waals surface area contributed by atoms with Crippen molar-refractivity contribution in [1.29, 1.82) is 0 Å². The number of hydrogen-bond donors (Lipinski definition) is 1. The number of carboxylic acid groups (broad SMARTS) is 1. The third-order valence-electron chi connectivity index (χ3n) is 9.14. The van der Waals surface area contributed by atoms with E-state index in [0.717, 1.165) is 16.1 Å². The van der Waals surface area contributed by atoms with Crippen molar-refractivity contribution in [2.24, 2.45) is 0 Å². The summed E-state index contributed by atoms with van der Waals surface area (Å²) in [5.41, 5.74) is 4.59. The van der Waals surface area contributed by atoms with Crippen LogP contribution in [0.3, 0.4) is 0 Å². The van der Waals surface area contributed by atoms with Gasteiger partial charge in [0.2, 0.25) is 0 Å². The summed E-state index contributed by atoms with van der Waals surface area (Å²) in [6, 6.07) is 4.64. The summed E-state index contributed by atoms with van der Waals surface area (Å²) in [4.78, 5) is 18.8. The molecule has 4 aromatic rings. The summed E-state index contributed by atoms with van der Waals surface area (Å²) < 4.78 is 35.6. The lowest BCUT2D eigenvalue weighted by molar-refractivity contribution is 0.200. The van der Waals surface area contributed by atoms with Gasteiger partial charge in [0.15, 0.2) is 36.6 Å². The Kier molecular flexibility index (Phi) is 6.79. The van der Waals surface area contributed by atoms with Crippen LogP contribution in [-0.2, 0) is 6.54 Å². The Morgan fingerprint density at radius 1 is 1.07 bits per heavy atom. The lowest BCUT2D eigenvalue weighted by Gasteiger charge is -2.39. The molecule has 2 aliphatic heterocycles. The molecule has 42 heavy (non-hydrogen) atoms. The van der Waals surface area contributed by atoms with E-state index in [4.69, 9.17) is 18.9 Å². The molecule has 12 heteroatoms. The first-order chi connectivity index (χ1) is 20.0. The predicted octanol–water partition coefficient (Wildman–Crippen LogP) is 6.27. The average molecular weight is 594 g/mol. The number of carbonyl (C=O) groups is 1. The number of fused-ring (bicyclic) bond motifs is 3. The van der Waals surface area contributed by atoms with Crippen LogP contribution < -0.4 is 19.9 Å². The largest absolute Gasteiger partial charge is 0.493 e. The molecule has 0 spiro atoms. The first-order valence-electron chi connectivity index (χ1n) is 14.4. The number of nitrogens with zero attached hydrogens (tertiary/aromatic N) is 5. The van der Waals surface area contributed by atoms with Crippen molar-refractivity contribution in [3.05, 3.63) is 47.2 Å². The molecule has 1 N–H and O–H groups in total. The van der Waals surface area contributed by atoms with Crippen LogP contribution in [0.4, 0.5) is 15.0 Å². The van der Waals surface area contributed by atoms with Gasteiger partial charge >= 0.3 is 6.09 Å². The molecule has 0 aliphatic carbocycles. The molecular weight excluding hydrogens is 557 g/mol. The minimum absolute atomic E-state index is 0.168. The van der Waals surface area contributed by atoms with Crippen molar-refractivity contribution in [1.82, 2.24) is 19.6 Å². The maximum Gasteiger partial charge on any atom is 0.413 e. The van der Waals surface area contributed by atoms with Crippen LogP contribution in [0.1, 0.15) is 64.3 Å². The third-order valence-corrected chi connectivity index (χ3v) is 15.8. The zero-order chi connectivity index (χ0) is 30.1. The van der Waals surface area contributed by atoms with Crippen molar-refractivity contribution in [2.75, 3.05) is 18.1 Å². The molecule has 0 unspecified atom stereocenters. The molecular formula is C30H36FN5O5Si. The summed E-state index contributed by atoms with van der Waals surface area (Å²) in [6.07, 6.45) is 0.175. The summed E-state index contributed by atoms with van der Waals surface area (Å²) in [7, 11) is -2.21. The van der Waals surface area contributed by atoms with E-state index in [1.165, 1.54) is 12.4 Å². The minimum Gasteiger partial charge on any atom is -0.493 e. The van der Waals surface area contributed by atoms with Crippen LogP contribution in [0, 0.1) is 12.7 Å². The molecule has 0 radical (unpaired) electrons. The monoisotopic (exact) mass is 593 g/mol. The molecule has 5 heterocycles. The number of aryl methyl sites for hydroxylation is 1. The second-order valence-electron chi connectivity index (χ2n) is 12.2. The van der Waals surface area contributed by atoms with E-state index in [1.807, 2.05) is 6.92 Å². The number of aromatic nitrogens is 4. The highest BCUT2D eigenvalue weighted by molar-refractivity contribution is 6.93. The zero-order valence-corrected chi connectivity index (χ0v) is 25.9. The number of ether oxygens (including phenoxy) is 2. The van der Waals surface area contributed by atoms with Crippen LogP contribution in [0.5, 0.6) is 11.5 Å². The molecule has 0 saturated carbocycles. The second-order valence-corrected chi connectivity index (χ2v) is 18.0. The van der Waals surface area contributed by atoms with Crippen molar-refractivity contribution >= 4 is 31.1 Å². The van der Waals surface area contributed by atoms with Gasteiger partial charge in [-0.25, -0.2) is 14.2 Å². The summed E-state index contributed by atoms with van der Waals surface area (Å²) >= 11 is 0. The maximum absolute atomic E-state index is 15.2. The van der Waals surface area contributed by atoms with E-state index in [-0.39, 0.29) is 30.5 Å². The number of rotatable bonds is 5. The predicted molar refractivity (Wildman–Crippen MR) is 158 cm³/mol. The van der Waals surface area contributed by atoms with E-state index in [1.54, 1.807) is 16.5 Å². The number of hydrogen-bond acceptors (Lipinski definition) is 7. The normalized spacial score (nSPS) is 16.7. The highest BCUT2D eigenvalue weighted by atomic mass is 28.3. The van der Waals surface area contributed by atoms with Crippen LogP contribution in [0.25, 0.3) is 17.0 Å².